The molecule has 3 rings (SSSR count). The normalized spacial score (nSPS) is 14.7. The second kappa shape index (κ2) is 6.24. The number of aliphatic carboxylic acids is 1. The summed E-state index contributed by atoms with van der Waals surface area (Å²) in [4.78, 5) is 25.4. The number of hydrogen-bond donors (Lipinski definition) is 0. The Hall–Kier alpha value is -2.62. The van der Waals surface area contributed by atoms with Crippen LogP contribution in [0, 0.1) is 0 Å². The zero-order valence-corrected chi connectivity index (χ0v) is 13.0. The van der Waals surface area contributed by atoms with Gasteiger partial charge >= 0.3 is 0 Å². The summed E-state index contributed by atoms with van der Waals surface area (Å²) in [5, 5.41) is 11.2. The molecule has 2 aromatic carbocycles. The van der Waals surface area contributed by atoms with Gasteiger partial charge in [0.05, 0.1) is 6.04 Å². The van der Waals surface area contributed by atoms with Gasteiger partial charge in [0.2, 0.25) is 0 Å². The molecule has 0 saturated heterocycles. The largest absolute Gasteiger partial charge is 0.550 e. The van der Waals surface area contributed by atoms with Crippen LogP contribution in [0.5, 0.6) is 0 Å². The summed E-state index contributed by atoms with van der Waals surface area (Å²) in [6, 6.07) is 14.7. The number of carboxylic acid groups (broad SMARTS) is 1. The molecule has 1 aliphatic rings. The molecule has 0 spiro atoms. The van der Waals surface area contributed by atoms with Gasteiger partial charge in [-0.25, -0.2) is 0 Å². The molecule has 0 bridgehead atoms. The molecule has 23 heavy (non-hydrogen) atoms. The van der Waals surface area contributed by atoms with Crippen molar-refractivity contribution in [1.82, 2.24) is 4.90 Å². The molecule has 118 valence electrons. The molecule has 1 atom stereocenters. The van der Waals surface area contributed by atoms with Crippen LogP contribution in [-0.2, 0) is 17.8 Å². The molecule has 1 amide bonds. The number of hydrogen-bond acceptors (Lipinski definition) is 3. The van der Waals surface area contributed by atoms with Crippen molar-refractivity contribution >= 4 is 11.9 Å². The van der Waals surface area contributed by atoms with Crippen LogP contribution in [0.15, 0.2) is 48.5 Å². The van der Waals surface area contributed by atoms with Crippen molar-refractivity contribution in [3.8, 4) is 0 Å². The van der Waals surface area contributed by atoms with E-state index in [0.29, 0.717) is 12.1 Å². The molecular weight excluding hydrogens is 290 g/mol. The highest BCUT2D eigenvalue weighted by atomic mass is 16.4. The zero-order valence-electron chi connectivity index (χ0n) is 13.0. The lowest BCUT2D eigenvalue weighted by molar-refractivity contribution is -0.306. The van der Waals surface area contributed by atoms with Gasteiger partial charge in [0, 0.05) is 24.5 Å². The van der Waals surface area contributed by atoms with E-state index in [1.807, 2.05) is 42.5 Å². The minimum absolute atomic E-state index is 0.119. The summed E-state index contributed by atoms with van der Waals surface area (Å²) in [6.07, 6.45) is 0.713. The lowest BCUT2D eigenvalue weighted by atomic mass is 10.00. The van der Waals surface area contributed by atoms with E-state index < -0.39 is 12.0 Å². The summed E-state index contributed by atoms with van der Waals surface area (Å²) >= 11 is 0. The highest BCUT2D eigenvalue weighted by Crippen LogP contribution is 2.33. The van der Waals surface area contributed by atoms with Crippen LogP contribution in [-0.4, -0.2) is 16.8 Å². The minimum Gasteiger partial charge on any atom is -0.550 e. The number of carbonyl (C=O) groups excluding carboxylic acids is 2. The number of rotatable bonds is 5. The number of benzene rings is 2. The summed E-state index contributed by atoms with van der Waals surface area (Å²) < 4.78 is 0. The molecule has 0 aliphatic carbocycles. The van der Waals surface area contributed by atoms with E-state index >= 15 is 0 Å². The van der Waals surface area contributed by atoms with Gasteiger partial charge in [0.15, 0.2) is 0 Å². The Morgan fingerprint density at radius 3 is 2.48 bits per heavy atom. The lowest BCUT2D eigenvalue weighted by Crippen LogP contribution is -2.34. The van der Waals surface area contributed by atoms with Crippen molar-refractivity contribution in [3.63, 3.8) is 0 Å². The van der Waals surface area contributed by atoms with Crippen molar-refractivity contribution in [2.75, 3.05) is 0 Å². The second-order valence-corrected chi connectivity index (χ2v) is 5.78. The minimum atomic E-state index is -1.15. The zero-order chi connectivity index (χ0) is 16.4. The maximum absolute atomic E-state index is 12.6. The standard InChI is InChI=1S/C19H19NO3/c1-2-13-7-9-14(10-8-13)17(11-18(21)22)20-12-15-5-3-4-6-16(15)19(20)23/h3-10,17H,2,11-12H2,1H3,(H,21,22)/p-1/t17-/m1/s1. The fraction of sp³-hybridized carbons (Fsp3) is 0.263. The molecule has 0 saturated carbocycles. The molecule has 4 heteroatoms. The van der Waals surface area contributed by atoms with Crippen molar-refractivity contribution < 1.29 is 14.7 Å². The smallest absolute Gasteiger partial charge is 0.255 e. The van der Waals surface area contributed by atoms with E-state index in [4.69, 9.17) is 0 Å². The van der Waals surface area contributed by atoms with Crippen LogP contribution in [0.3, 0.4) is 0 Å². The highest BCUT2D eigenvalue weighted by Gasteiger charge is 2.33. The first-order valence-corrected chi connectivity index (χ1v) is 7.77. The summed E-state index contributed by atoms with van der Waals surface area (Å²) in [5.74, 6) is -1.27. The predicted octanol–water partition coefficient (Wildman–Crippen LogP) is 2.09. The number of nitrogens with zero attached hydrogens (tertiary/aromatic N) is 1. The van der Waals surface area contributed by atoms with Gasteiger partial charge in [-0.2, -0.15) is 0 Å². The maximum Gasteiger partial charge on any atom is 0.255 e. The Bertz CT molecular complexity index is 737. The molecular formula is C19H18NO3-. The topological polar surface area (TPSA) is 60.4 Å². The van der Waals surface area contributed by atoms with Gasteiger partial charge in [0.25, 0.3) is 5.91 Å². The Morgan fingerprint density at radius 1 is 1.17 bits per heavy atom. The Balaban J connectivity index is 1.94. The number of fused-ring (bicyclic) bond motifs is 1. The molecule has 0 N–H and O–H groups in total. The number of carbonyl (C=O) groups is 2. The van der Waals surface area contributed by atoms with Crippen molar-refractivity contribution in [2.24, 2.45) is 0 Å². The Morgan fingerprint density at radius 2 is 1.87 bits per heavy atom. The second-order valence-electron chi connectivity index (χ2n) is 5.78. The van der Waals surface area contributed by atoms with E-state index in [1.165, 1.54) is 5.56 Å². The maximum atomic E-state index is 12.6. The fourth-order valence-electron chi connectivity index (χ4n) is 3.07. The molecule has 0 unspecified atom stereocenters. The van der Waals surface area contributed by atoms with Crippen LogP contribution < -0.4 is 5.11 Å². The van der Waals surface area contributed by atoms with E-state index in [1.54, 1.807) is 11.0 Å². The first-order valence-electron chi connectivity index (χ1n) is 7.77. The molecule has 1 aliphatic heterocycles. The Labute approximate surface area is 135 Å². The molecule has 0 fully saturated rings. The first kappa shape index (κ1) is 15.3. The van der Waals surface area contributed by atoms with Crippen LogP contribution in [0.25, 0.3) is 0 Å². The number of amides is 1. The van der Waals surface area contributed by atoms with Crippen LogP contribution in [0.1, 0.15) is 46.4 Å². The van der Waals surface area contributed by atoms with Gasteiger partial charge < -0.3 is 14.8 Å². The molecule has 0 aromatic heterocycles. The summed E-state index contributed by atoms with van der Waals surface area (Å²) in [5.41, 5.74) is 3.59. The molecule has 1 heterocycles. The third kappa shape index (κ3) is 2.97. The third-order valence-electron chi connectivity index (χ3n) is 4.36. The van der Waals surface area contributed by atoms with Crippen LogP contribution in [0.4, 0.5) is 0 Å². The first-order chi connectivity index (χ1) is 11.1. The van der Waals surface area contributed by atoms with Gasteiger partial charge in [-0.15, -0.1) is 0 Å². The average molecular weight is 308 g/mol. The fourth-order valence-corrected chi connectivity index (χ4v) is 3.07. The molecule has 2 aromatic rings. The van der Waals surface area contributed by atoms with Crippen molar-refractivity contribution in [1.29, 1.82) is 0 Å². The lowest BCUT2D eigenvalue weighted by Gasteiger charge is -2.29. The molecule has 0 radical (unpaired) electrons. The predicted molar refractivity (Wildman–Crippen MR) is 84.5 cm³/mol. The summed E-state index contributed by atoms with van der Waals surface area (Å²) in [7, 11) is 0. The quantitative estimate of drug-likeness (QED) is 0.849. The van der Waals surface area contributed by atoms with E-state index in [9.17, 15) is 14.7 Å². The van der Waals surface area contributed by atoms with Crippen molar-refractivity contribution in [3.05, 3.63) is 70.8 Å². The average Bonchev–Trinajstić information content (AvgIpc) is 2.90. The number of aryl methyl sites for hydroxylation is 1. The van der Waals surface area contributed by atoms with Crippen LogP contribution in [0.2, 0.25) is 0 Å². The monoisotopic (exact) mass is 308 g/mol. The summed E-state index contributed by atoms with van der Waals surface area (Å²) in [6.45, 7) is 2.50. The Kier molecular flexibility index (Phi) is 4.15. The third-order valence-corrected chi connectivity index (χ3v) is 4.36. The van der Waals surface area contributed by atoms with Crippen LogP contribution >= 0.6 is 0 Å². The molecule has 4 nitrogen and oxygen atoms in total. The van der Waals surface area contributed by atoms with Gasteiger partial charge in [0.1, 0.15) is 0 Å². The van der Waals surface area contributed by atoms with E-state index in [2.05, 4.69) is 6.92 Å². The van der Waals surface area contributed by atoms with Gasteiger partial charge in [-0.3, -0.25) is 4.79 Å². The number of carboxylic acids is 1. The van der Waals surface area contributed by atoms with E-state index in [0.717, 1.165) is 17.5 Å². The van der Waals surface area contributed by atoms with Crippen molar-refractivity contribution in [2.45, 2.75) is 32.4 Å². The van der Waals surface area contributed by atoms with Gasteiger partial charge in [-0.1, -0.05) is 49.4 Å². The van der Waals surface area contributed by atoms with Gasteiger partial charge in [-0.05, 0) is 29.2 Å². The van der Waals surface area contributed by atoms with E-state index in [-0.39, 0.29) is 12.3 Å². The highest BCUT2D eigenvalue weighted by molar-refractivity contribution is 5.98. The SMILES string of the molecule is CCc1ccc([C@@H](CC(=O)[O-])N2Cc3ccccc3C2=O)cc1.